The molecule has 0 aromatic heterocycles. The molecule has 0 aromatic rings. The Labute approximate surface area is 365 Å². The van der Waals surface area contributed by atoms with E-state index in [1.54, 1.807) is 0 Å². The van der Waals surface area contributed by atoms with Crippen molar-refractivity contribution in [1.29, 1.82) is 0 Å². The van der Waals surface area contributed by atoms with Crippen molar-refractivity contribution in [2.45, 2.75) is 258 Å². The Morgan fingerprint density at radius 1 is 0.339 bits per heavy atom. The third kappa shape index (κ3) is 46.3. The number of carbonyl (C=O) groups excluding carboxylic acids is 3. The summed E-state index contributed by atoms with van der Waals surface area (Å²) in [7, 11) is 0. The van der Waals surface area contributed by atoms with Crippen LogP contribution in [-0.4, -0.2) is 37.2 Å². The molecule has 342 valence electrons. The zero-order chi connectivity index (χ0) is 43.0. The number of unbranched alkanes of at least 4 members (excludes halogenated alkanes) is 26. The number of ether oxygens (including phenoxy) is 3. The topological polar surface area (TPSA) is 78.9 Å². The van der Waals surface area contributed by atoms with E-state index in [0.717, 1.165) is 89.9 Å². The molecule has 0 fully saturated rings. The van der Waals surface area contributed by atoms with Crippen molar-refractivity contribution >= 4 is 17.9 Å². The van der Waals surface area contributed by atoms with E-state index in [2.05, 4.69) is 69.4 Å². The molecule has 0 aliphatic heterocycles. The fraction of sp³-hybridized carbons (Fsp3) is 0.792. The van der Waals surface area contributed by atoms with Gasteiger partial charge in [-0.3, -0.25) is 14.4 Å². The maximum absolute atomic E-state index is 12.8. The SMILES string of the molecule is CCCC/C=C\CCCCCCCC(=O)OC[C@H](COC(=O)CCCCCCCCCCCCCCC)OC(=O)CCCCCC/C=C\C/C=C\C/C=C\CCCCC. The van der Waals surface area contributed by atoms with Gasteiger partial charge in [0.2, 0.25) is 0 Å². The first-order chi connectivity index (χ1) is 29.0. The van der Waals surface area contributed by atoms with Crippen LogP contribution in [0.15, 0.2) is 48.6 Å². The minimum Gasteiger partial charge on any atom is -0.462 e. The Hall–Kier alpha value is -2.63. The predicted molar refractivity (Wildman–Crippen MR) is 252 cm³/mol. The van der Waals surface area contributed by atoms with Crippen LogP contribution in [0.3, 0.4) is 0 Å². The largest absolute Gasteiger partial charge is 0.462 e. The minimum absolute atomic E-state index is 0.0829. The molecule has 0 radical (unpaired) electrons. The van der Waals surface area contributed by atoms with Gasteiger partial charge in [0.05, 0.1) is 0 Å². The van der Waals surface area contributed by atoms with E-state index < -0.39 is 6.10 Å². The number of allylic oxidation sites excluding steroid dienone is 8. The Bertz CT molecular complexity index is 1040. The molecule has 0 rings (SSSR count). The van der Waals surface area contributed by atoms with Gasteiger partial charge in [-0.1, -0.05) is 204 Å². The molecular formula is C53H94O6. The highest BCUT2D eigenvalue weighted by Crippen LogP contribution is 2.15. The first-order valence-corrected chi connectivity index (χ1v) is 25.1. The summed E-state index contributed by atoms with van der Waals surface area (Å²) in [6.45, 7) is 6.55. The maximum atomic E-state index is 12.8. The van der Waals surface area contributed by atoms with Gasteiger partial charge in [-0.2, -0.15) is 0 Å². The molecule has 0 aromatic carbocycles. The second kappa shape index (κ2) is 48.0. The summed E-state index contributed by atoms with van der Waals surface area (Å²) in [6.07, 6.45) is 56.6. The lowest BCUT2D eigenvalue weighted by atomic mass is 10.0. The zero-order valence-electron chi connectivity index (χ0n) is 39.0. The fourth-order valence-electron chi connectivity index (χ4n) is 6.96. The standard InChI is InChI=1S/C53H94O6/c1-4-7-10-13-16-19-22-24-25-26-27-29-32-35-38-41-44-47-53(56)59-50(48-57-51(54)45-42-39-36-33-30-21-18-15-12-9-6-3)49-58-52(55)46-43-40-37-34-31-28-23-20-17-14-11-8-5-2/h15-16,18-19,24-25,27,29,50H,4-14,17,20-23,26,28,30-49H2,1-3H3/b18-15-,19-16-,25-24-,29-27-/t50-/m1/s1. The smallest absolute Gasteiger partial charge is 0.306 e. The van der Waals surface area contributed by atoms with E-state index in [9.17, 15) is 14.4 Å². The molecule has 6 nitrogen and oxygen atoms in total. The number of carbonyl (C=O) groups is 3. The normalized spacial score (nSPS) is 12.4. The van der Waals surface area contributed by atoms with Gasteiger partial charge in [0.15, 0.2) is 6.10 Å². The van der Waals surface area contributed by atoms with Crippen molar-refractivity contribution in [3.63, 3.8) is 0 Å². The lowest BCUT2D eigenvalue weighted by Crippen LogP contribution is -2.30. The van der Waals surface area contributed by atoms with E-state index >= 15 is 0 Å². The number of esters is 3. The van der Waals surface area contributed by atoms with E-state index in [1.165, 1.54) is 122 Å². The van der Waals surface area contributed by atoms with Gasteiger partial charge in [0.1, 0.15) is 13.2 Å². The molecular weight excluding hydrogens is 733 g/mol. The van der Waals surface area contributed by atoms with Gasteiger partial charge >= 0.3 is 17.9 Å². The highest BCUT2D eigenvalue weighted by molar-refractivity contribution is 5.71. The third-order valence-corrected chi connectivity index (χ3v) is 10.8. The summed E-state index contributed by atoms with van der Waals surface area (Å²) >= 11 is 0. The van der Waals surface area contributed by atoms with Gasteiger partial charge in [-0.05, 0) is 77.0 Å². The summed E-state index contributed by atoms with van der Waals surface area (Å²) in [5, 5.41) is 0. The Balaban J connectivity index is 4.41. The molecule has 0 heterocycles. The summed E-state index contributed by atoms with van der Waals surface area (Å²) in [5.41, 5.74) is 0. The lowest BCUT2D eigenvalue weighted by molar-refractivity contribution is -0.167. The quantitative estimate of drug-likeness (QED) is 0.0263. The van der Waals surface area contributed by atoms with Crippen molar-refractivity contribution in [2.75, 3.05) is 13.2 Å². The highest BCUT2D eigenvalue weighted by atomic mass is 16.6. The number of rotatable bonds is 45. The van der Waals surface area contributed by atoms with Crippen LogP contribution in [0.1, 0.15) is 252 Å². The first kappa shape index (κ1) is 56.4. The van der Waals surface area contributed by atoms with Crippen molar-refractivity contribution in [1.82, 2.24) is 0 Å². The molecule has 0 unspecified atom stereocenters. The van der Waals surface area contributed by atoms with Gasteiger partial charge in [-0.25, -0.2) is 0 Å². The van der Waals surface area contributed by atoms with Crippen molar-refractivity contribution < 1.29 is 28.6 Å². The van der Waals surface area contributed by atoms with Crippen molar-refractivity contribution in [2.24, 2.45) is 0 Å². The van der Waals surface area contributed by atoms with E-state index in [4.69, 9.17) is 14.2 Å². The van der Waals surface area contributed by atoms with Crippen LogP contribution < -0.4 is 0 Å². The van der Waals surface area contributed by atoms with Gasteiger partial charge in [0, 0.05) is 19.3 Å². The van der Waals surface area contributed by atoms with Crippen LogP contribution in [0.5, 0.6) is 0 Å². The molecule has 6 heteroatoms. The van der Waals surface area contributed by atoms with E-state index in [1.807, 2.05) is 0 Å². The second-order valence-electron chi connectivity index (χ2n) is 16.7. The number of hydrogen-bond acceptors (Lipinski definition) is 6. The fourth-order valence-corrected chi connectivity index (χ4v) is 6.96. The second-order valence-corrected chi connectivity index (χ2v) is 16.7. The molecule has 1 atom stereocenters. The molecule has 0 N–H and O–H groups in total. The summed E-state index contributed by atoms with van der Waals surface area (Å²) in [6, 6.07) is 0. The average molecular weight is 827 g/mol. The molecule has 0 saturated carbocycles. The number of hydrogen-bond donors (Lipinski definition) is 0. The molecule has 0 bridgehead atoms. The van der Waals surface area contributed by atoms with E-state index in [0.29, 0.717) is 19.3 Å². The molecule has 0 aliphatic rings. The summed E-state index contributed by atoms with van der Waals surface area (Å²) < 4.78 is 16.7. The van der Waals surface area contributed by atoms with Crippen LogP contribution in [0.2, 0.25) is 0 Å². The summed E-state index contributed by atoms with van der Waals surface area (Å²) in [5.74, 6) is -0.910. The molecule has 0 aliphatic carbocycles. The third-order valence-electron chi connectivity index (χ3n) is 10.8. The van der Waals surface area contributed by atoms with Crippen molar-refractivity contribution in [3.8, 4) is 0 Å². The first-order valence-electron chi connectivity index (χ1n) is 25.1. The van der Waals surface area contributed by atoms with Gasteiger partial charge in [-0.15, -0.1) is 0 Å². The molecule has 0 amide bonds. The average Bonchev–Trinajstić information content (AvgIpc) is 3.23. The van der Waals surface area contributed by atoms with Crippen LogP contribution in [0, 0.1) is 0 Å². The zero-order valence-corrected chi connectivity index (χ0v) is 39.0. The van der Waals surface area contributed by atoms with Crippen LogP contribution in [0.4, 0.5) is 0 Å². The molecule has 59 heavy (non-hydrogen) atoms. The Morgan fingerprint density at radius 3 is 1.05 bits per heavy atom. The van der Waals surface area contributed by atoms with Crippen LogP contribution in [0.25, 0.3) is 0 Å². The van der Waals surface area contributed by atoms with Crippen molar-refractivity contribution in [3.05, 3.63) is 48.6 Å². The molecule has 0 spiro atoms. The molecule has 0 saturated heterocycles. The lowest BCUT2D eigenvalue weighted by Gasteiger charge is -2.18. The van der Waals surface area contributed by atoms with Gasteiger partial charge in [0.25, 0.3) is 0 Å². The minimum atomic E-state index is -0.784. The van der Waals surface area contributed by atoms with E-state index in [-0.39, 0.29) is 31.1 Å². The monoisotopic (exact) mass is 827 g/mol. The predicted octanol–water partition coefficient (Wildman–Crippen LogP) is 16.3. The van der Waals surface area contributed by atoms with Crippen LogP contribution >= 0.6 is 0 Å². The summed E-state index contributed by atoms with van der Waals surface area (Å²) in [4.78, 5) is 37.9. The highest BCUT2D eigenvalue weighted by Gasteiger charge is 2.19. The maximum Gasteiger partial charge on any atom is 0.306 e. The van der Waals surface area contributed by atoms with Gasteiger partial charge < -0.3 is 14.2 Å². The van der Waals surface area contributed by atoms with Crippen LogP contribution in [-0.2, 0) is 28.6 Å². The Kier molecular flexibility index (Phi) is 45.9. The Morgan fingerprint density at radius 2 is 0.627 bits per heavy atom.